The predicted molar refractivity (Wildman–Crippen MR) is 128 cm³/mol. The zero-order valence-corrected chi connectivity index (χ0v) is 20.5. The van der Waals surface area contributed by atoms with Crippen molar-refractivity contribution in [2.45, 2.75) is 115 Å². The number of ether oxygens (including phenoxy) is 1. The summed E-state index contributed by atoms with van der Waals surface area (Å²) < 4.78 is 4.73. The molecule has 2 N–H and O–H groups in total. The van der Waals surface area contributed by atoms with Crippen LogP contribution in [0.3, 0.4) is 0 Å². The van der Waals surface area contributed by atoms with Crippen molar-refractivity contribution in [1.82, 2.24) is 0 Å². The highest BCUT2D eigenvalue weighted by molar-refractivity contribution is 8.00. The molecule has 31 heavy (non-hydrogen) atoms. The van der Waals surface area contributed by atoms with E-state index < -0.39 is 12.1 Å². The smallest absolute Gasteiger partial charge is 0.315 e. The number of aliphatic hydroxyl groups is 1. The summed E-state index contributed by atoms with van der Waals surface area (Å²) in [5.74, 6) is -1.28. The molecule has 0 radical (unpaired) electrons. The van der Waals surface area contributed by atoms with Crippen molar-refractivity contribution < 1.29 is 24.5 Å². The van der Waals surface area contributed by atoms with Crippen molar-refractivity contribution in [1.29, 1.82) is 0 Å². The molecule has 0 aromatic heterocycles. The summed E-state index contributed by atoms with van der Waals surface area (Å²) in [6, 6.07) is 0. The van der Waals surface area contributed by atoms with E-state index in [1.54, 1.807) is 0 Å². The lowest BCUT2D eigenvalue weighted by Gasteiger charge is -2.36. The fraction of sp³-hybridized carbons (Fsp3) is 0.840. The van der Waals surface area contributed by atoms with E-state index in [0.717, 1.165) is 24.8 Å². The zero-order valence-electron chi connectivity index (χ0n) is 19.7. The van der Waals surface area contributed by atoms with Crippen LogP contribution in [0.1, 0.15) is 103 Å². The number of carboxylic acids is 1. The zero-order chi connectivity index (χ0) is 22.9. The molecule has 0 saturated heterocycles. The van der Waals surface area contributed by atoms with Crippen molar-refractivity contribution in [3.63, 3.8) is 0 Å². The highest BCUT2D eigenvalue weighted by Gasteiger charge is 2.36. The van der Waals surface area contributed by atoms with Crippen molar-refractivity contribution in [3.05, 3.63) is 11.6 Å². The third-order valence-electron chi connectivity index (χ3n) is 6.22. The number of hydrogen-bond acceptors (Lipinski definition) is 5. The van der Waals surface area contributed by atoms with Gasteiger partial charge in [-0.15, -0.1) is 11.8 Å². The second-order valence-corrected chi connectivity index (χ2v) is 9.93. The molecular weight excluding hydrogens is 412 g/mol. The highest BCUT2D eigenvalue weighted by atomic mass is 32.2. The summed E-state index contributed by atoms with van der Waals surface area (Å²) in [7, 11) is 1.36. The van der Waals surface area contributed by atoms with E-state index in [0.29, 0.717) is 6.42 Å². The molecule has 1 fully saturated rings. The monoisotopic (exact) mass is 456 g/mol. The summed E-state index contributed by atoms with van der Waals surface area (Å²) in [6.07, 6.45) is 18.4. The van der Waals surface area contributed by atoms with Crippen LogP contribution in [-0.2, 0) is 14.3 Å². The molecule has 1 aliphatic rings. The Morgan fingerprint density at radius 1 is 1.03 bits per heavy atom. The van der Waals surface area contributed by atoms with Crippen LogP contribution >= 0.6 is 11.8 Å². The Kier molecular flexibility index (Phi) is 15.9. The Labute approximate surface area is 193 Å². The van der Waals surface area contributed by atoms with Gasteiger partial charge in [-0.05, 0) is 31.6 Å². The van der Waals surface area contributed by atoms with Crippen LogP contribution < -0.4 is 0 Å². The average Bonchev–Trinajstić information content (AvgIpc) is 2.75. The third-order valence-corrected chi connectivity index (χ3v) is 7.56. The van der Waals surface area contributed by atoms with Gasteiger partial charge < -0.3 is 14.9 Å². The van der Waals surface area contributed by atoms with Crippen LogP contribution in [0.2, 0.25) is 0 Å². The van der Waals surface area contributed by atoms with Crippen molar-refractivity contribution in [2.75, 3.05) is 12.9 Å². The van der Waals surface area contributed by atoms with E-state index in [1.807, 2.05) is 0 Å². The van der Waals surface area contributed by atoms with Crippen LogP contribution in [0.25, 0.3) is 0 Å². The van der Waals surface area contributed by atoms with Crippen LogP contribution in [0.15, 0.2) is 11.6 Å². The number of unbranched alkanes of at least 4 members (excludes halogenated alkanes) is 11. The Morgan fingerprint density at radius 2 is 1.61 bits per heavy atom. The Balaban J connectivity index is 2.34. The van der Waals surface area contributed by atoms with E-state index in [9.17, 15) is 14.7 Å². The number of aliphatic hydroxyl groups excluding tert-OH is 1. The molecule has 1 rings (SSSR count). The van der Waals surface area contributed by atoms with Crippen LogP contribution in [0.4, 0.5) is 0 Å². The number of rotatable bonds is 17. The number of methoxy groups -OCH3 is 1. The number of hydrogen-bond donors (Lipinski definition) is 2. The van der Waals surface area contributed by atoms with Gasteiger partial charge in [0.25, 0.3) is 0 Å². The minimum Gasteiger partial charge on any atom is -0.481 e. The minimum absolute atomic E-state index is 0.0255. The van der Waals surface area contributed by atoms with Crippen molar-refractivity contribution in [2.24, 2.45) is 5.92 Å². The molecule has 1 aliphatic carbocycles. The van der Waals surface area contributed by atoms with E-state index >= 15 is 0 Å². The second kappa shape index (κ2) is 17.5. The van der Waals surface area contributed by atoms with Gasteiger partial charge in [-0.2, -0.15) is 0 Å². The molecule has 180 valence electrons. The summed E-state index contributed by atoms with van der Waals surface area (Å²) >= 11 is 1.38. The van der Waals surface area contributed by atoms with Crippen LogP contribution in [-0.4, -0.2) is 46.4 Å². The molecule has 6 heteroatoms. The van der Waals surface area contributed by atoms with E-state index in [-0.39, 0.29) is 29.3 Å². The number of carbonyl (C=O) groups is 2. The SMILES string of the molecule is CCCCCCCCCCCCCC=C1CCC(CC(=O)O)C(O)[C@@H]1SCC(=O)OC. The predicted octanol–water partition coefficient (Wildman–Crippen LogP) is 6.13. The van der Waals surface area contributed by atoms with Gasteiger partial charge in [0.2, 0.25) is 0 Å². The third kappa shape index (κ3) is 12.6. The minimum atomic E-state index is -0.880. The first kappa shape index (κ1) is 28.0. The standard InChI is InChI=1S/C25H44O5S/c1-3-4-5-6-7-8-9-10-11-12-13-14-15-20-16-17-21(18-22(26)27)24(29)25(20)31-19-23(28)30-2/h15,21,24-25,29H,3-14,16-19H2,1-2H3,(H,26,27)/t21?,24?,25-/m1/s1. The summed E-state index contributed by atoms with van der Waals surface area (Å²) in [5.41, 5.74) is 1.16. The molecule has 0 aromatic carbocycles. The Hall–Kier alpha value is -1.01. The molecule has 2 unspecified atom stereocenters. The second-order valence-electron chi connectivity index (χ2n) is 8.80. The van der Waals surface area contributed by atoms with Gasteiger partial charge in [-0.1, -0.05) is 82.8 Å². The first-order chi connectivity index (χ1) is 15.0. The van der Waals surface area contributed by atoms with Gasteiger partial charge in [-0.25, -0.2) is 0 Å². The Bertz CT molecular complexity index is 534. The molecule has 5 nitrogen and oxygen atoms in total. The van der Waals surface area contributed by atoms with Crippen LogP contribution in [0, 0.1) is 5.92 Å². The first-order valence-corrected chi connectivity index (χ1v) is 13.3. The lowest BCUT2D eigenvalue weighted by Crippen LogP contribution is -2.38. The largest absolute Gasteiger partial charge is 0.481 e. The quantitative estimate of drug-likeness (QED) is 0.155. The van der Waals surface area contributed by atoms with Gasteiger partial charge in [-0.3, -0.25) is 9.59 Å². The van der Waals surface area contributed by atoms with E-state index in [4.69, 9.17) is 9.84 Å². The Morgan fingerprint density at radius 3 is 2.16 bits per heavy atom. The number of allylic oxidation sites excluding steroid dienone is 1. The molecular formula is C25H44O5S. The molecule has 0 spiro atoms. The maximum absolute atomic E-state index is 11.6. The van der Waals surface area contributed by atoms with Crippen molar-refractivity contribution >= 4 is 23.7 Å². The topological polar surface area (TPSA) is 83.8 Å². The fourth-order valence-electron chi connectivity index (χ4n) is 4.32. The molecule has 0 aliphatic heterocycles. The van der Waals surface area contributed by atoms with Gasteiger partial charge >= 0.3 is 11.9 Å². The number of esters is 1. The fourth-order valence-corrected chi connectivity index (χ4v) is 5.60. The van der Waals surface area contributed by atoms with Crippen LogP contribution in [0.5, 0.6) is 0 Å². The molecule has 0 bridgehead atoms. The number of aliphatic carboxylic acids is 1. The lowest BCUT2D eigenvalue weighted by molar-refractivity contribution is -0.139. The summed E-state index contributed by atoms with van der Waals surface area (Å²) in [5, 5.41) is 19.6. The normalized spacial score (nSPS) is 22.5. The number of carboxylic acid groups (broad SMARTS) is 1. The van der Waals surface area contributed by atoms with Gasteiger partial charge in [0.05, 0.1) is 30.6 Å². The lowest BCUT2D eigenvalue weighted by atomic mass is 9.80. The molecule has 1 saturated carbocycles. The summed E-state index contributed by atoms with van der Waals surface area (Å²) in [4.78, 5) is 22.7. The molecule has 0 heterocycles. The maximum atomic E-state index is 11.6. The highest BCUT2D eigenvalue weighted by Crippen LogP contribution is 2.38. The van der Waals surface area contributed by atoms with E-state index in [1.165, 1.54) is 83.1 Å². The first-order valence-electron chi connectivity index (χ1n) is 12.3. The van der Waals surface area contributed by atoms with E-state index in [2.05, 4.69) is 13.0 Å². The molecule has 0 amide bonds. The van der Waals surface area contributed by atoms with Gasteiger partial charge in [0.1, 0.15) is 0 Å². The average molecular weight is 457 g/mol. The number of thioether (sulfide) groups is 1. The van der Waals surface area contributed by atoms with Gasteiger partial charge in [0, 0.05) is 0 Å². The van der Waals surface area contributed by atoms with Gasteiger partial charge in [0.15, 0.2) is 0 Å². The number of carbonyl (C=O) groups excluding carboxylic acids is 1. The summed E-state index contributed by atoms with van der Waals surface area (Å²) in [6.45, 7) is 2.25. The van der Waals surface area contributed by atoms with Crippen molar-refractivity contribution in [3.8, 4) is 0 Å². The maximum Gasteiger partial charge on any atom is 0.315 e. The molecule has 3 atom stereocenters. The molecule has 0 aromatic rings.